The second-order valence-corrected chi connectivity index (χ2v) is 5.84. The van der Waals surface area contributed by atoms with Crippen LogP contribution in [-0.4, -0.2) is 24.2 Å². The molecular weight excluding hydrogens is 319 g/mol. The van der Waals surface area contributed by atoms with Crippen LogP contribution in [-0.2, 0) is 4.74 Å². The first-order valence-electron chi connectivity index (χ1n) is 7.63. The first-order chi connectivity index (χ1) is 11.4. The number of fused-ring (bicyclic) bond motifs is 1. The van der Waals surface area contributed by atoms with Crippen molar-refractivity contribution in [2.24, 2.45) is 5.92 Å². The molecular formula is C18H16F3NO2. The minimum absolute atomic E-state index is 0.00450. The summed E-state index contributed by atoms with van der Waals surface area (Å²) in [7, 11) is 1.30. The zero-order valence-electron chi connectivity index (χ0n) is 13.1. The molecule has 3 nitrogen and oxygen atoms in total. The van der Waals surface area contributed by atoms with Gasteiger partial charge in [0.2, 0.25) is 0 Å². The fourth-order valence-corrected chi connectivity index (χ4v) is 3.03. The molecule has 6 heteroatoms. The van der Waals surface area contributed by atoms with Gasteiger partial charge in [-0.15, -0.1) is 0 Å². The predicted molar refractivity (Wildman–Crippen MR) is 84.5 cm³/mol. The largest absolute Gasteiger partial charge is 0.465 e. The minimum Gasteiger partial charge on any atom is -0.465 e. The molecule has 24 heavy (non-hydrogen) atoms. The van der Waals surface area contributed by atoms with Gasteiger partial charge in [-0.1, -0.05) is 24.3 Å². The van der Waals surface area contributed by atoms with Crippen LogP contribution in [0.3, 0.4) is 0 Å². The molecule has 0 aliphatic heterocycles. The van der Waals surface area contributed by atoms with Crippen LogP contribution in [0.25, 0.3) is 16.5 Å². The van der Waals surface area contributed by atoms with E-state index < -0.39 is 18.1 Å². The van der Waals surface area contributed by atoms with E-state index in [0.29, 0.717) is 17.5 Å². The second-order valence-electron chi connectivity index (χ2n) is 5.84. The summed E-state index contributed by atoms with van der Waals surface area (Å²) in [6, 6.07) is 7.17. The number of benzene rings is 1. The van der Waals surface area contributed by atoms with Crippen LogP contribution in [0.5, 0.6) is 0 Å². The van der Waals surface area contributed by atoms with E-state index in [1.165, 1.54) is 13.3 Å². The Morgan fingerprint density at radius 2 is 2.12 bits per heavy atom. The van der Waals surface area contributed by atoms with Crippen molar-refractivity contribution in [3.05, 3.63) is 47.7 Å². The standard InChI is InChI=1S/C18H16F3NO2/c1-24-17(23)13-9-12-3-2-4-15(16(12)22-10-13)11-5-7-14(8-6-11)18(19,20)21/h2-5,9-10,14H,6-8H2,1H3. The molecule has 0 radical (unpaired) electrons. The van der Waals surface area contributed by atoms with Gasteiger partial charge in [0.15, 0.2) is 0 Å². The van der Waals surface area contributed by atoms with E-state index in [1.807, 2.05) is 18.2 Å². The Bertz CT molecular complexity index is 812. The Hall–Kier alpha value is -2.37. The maximum atomic E-state index is 12.8. The SMILES string of the molecule is COC(=O)c1cnc2c(C3=CCC(C(F)(F)F)CC3)cccc2c1. The normalized spacial score (nSPS) is 18.3. The van der Waals surface area contributed by atoms with Gasteiger partial charge in [-0.05, 0) is 30.9 Å². The van der Waals surface area contributed by atoms with Crippen molar-refractivity contribution < 1.29 is 22.7 Å². The van der Waals surface area contributed by atoms with E-state index in [2.05, 4.69) is 9.72 Å². The third-order valence-corrected chi connectivity index (χ3v) is 4.35. The molecule has 2 aromatic rings. The molecule has 0 fully saturated rings. The number of methoxy groups -OCH3 is 1. The summed E-state index contributed by atoms with van der Waals surface area (Å²) in [4.78, 5) is 15.9. The van der Waals surface area contributed by atoms with Gasteiger partial charge in [-0.25, -0.2) is 4.79 Å². The molecule has 0 saturated heterocycles. The van der Waals surface area contributed by atoms with Gasteiger partial charge in [0.25, 0.3) is 0 Å². The number of alkyl halides is 3. The first-order valence-corrected chi connectivity index (χ1v) is 7.63. The Morgan fingerprint density at radius 3 is 2.75 bits per heavy atom. The van der Waals surface area contributed by atoms with Crippen molar-refractivity contribution in [2.75, 3.05) is 7.11 Å². The van der Waals surface area contributed by atoms with Crippen LogP contribution in [0.4, 0.5) is 13.2 Å². The van der Waals surface area contributed by atoms with Gasteiger partial charge in [0, 0.05) is 17.1 Å². The molecule has 0 saturated carbocycles. The maximum Gasteiger partial charge on any atom is 0.392 e. The van der Waals surface area contributed by atoms with Gasteiger partial charge in [0.05, 0.1) is 24.1 Å². The molecule has 0 amide bonds. The number of pyridine rings is 1. The Kier molecular flexibility index (Phi) is 4.30. The summed E-state index contributed by atoms with van der Waals surface area (Å²) >= 11 is 0. The van der Waals surface area contributed by atoms with Gasteiger partial charge in [0.1, 0.15) is 0 Å². The van der Waals surface area contributed by atoms with Crippen LogP contribution in [0.1, 0.15) is 35.2 Å². The van der Waals surface area contributed by atoms with E-state index >= 15 is 0 Å². The van der Waals surface area contributed by atoms with E-state index in [-0.39, 0.29) is 12.8 Å². The summed E-state index contributed by atoms with van der Waals surface area (Å²) in [5.41, 5.74) is 2.72. The molecule has 1 aliphatic rings. The Morgan fingerprint density at radius 1 is 1.33 bits per heavy atom. The topological polar surface area (TPSA) is 39.2 Å². The highest BCUT2D eigenvalue weighted by Crippen LogP contribution is 2.40. The quantitative estimate of drug-likeness (QED) is 0.742. The lowest BCUT2D eigenvalue weighted by molar-refractivity contribution is -0.175. The molecule has 1 unspecified atom stereocenters. The van der Waals surface area contributed by atoms with E-state index in [4.69, 9.17) is 0 Å². The van der Waals surface area contributed by atoms with Crippen molar-refractivity contribution in [3.63, 3.8) is 0 Å². The highest BCUT2D eigenvalue weighted by molar-refractivity contribution is 5.97. The number of halogens is 3. The van der Waals surface area contributed by atoms with Crippen LogP contribution >= 0.6 is 0 Å². The third kappa shape index (κ3) is 3.13. The molecule has 0 spiro atoms. The lowest BCUT2D eigenvalue weighted by Crippen LogP contribution is -2.24. The lowest BCUT2D eigenvalue weighted by Gasteiger charge is -2.24. The summed E-state index contributed by atoms with van der Waals surface area (Å²) in [5.74, 6) is -1.74. The number of allylic oxidation sites excluding steroid dienone is 2. The molecule has 3 rings (SSSR count). The van der Waals surface area contributed by atoms with Crippen molar-refractivity contribution in [1.29, 1.82) is 0 Å². The van der Waals surface area contributed by atoms with Gasteiger partial charge in [-0.2, -0.15) is 13.2 Å². The zero-order chi connectivity index (χ0) is 17.3. The highest BCUT2D eigenvalue weighted by atomic mass is 19.4. The Balaban J connectivity index is 1.96. The summed E-state index contributed by atoms with van der Waals surface area (Å²) in [6.07, 6.45) is -0.606. The minimum atomic E-state index is -4.14. The fraction of sp³-hybridized carbons (Fsp3) is 0.333. The van der Waals surface area contributed by atoms with Gasteiger partial charge in [-0.3, -0.25) is 4.98 Å². The Labute approximate surface area is 137 Å². The first kappa shape index (κ1) is 16.5. The lowest BCUT2D eigenvalue weighted by atomic mass is 9.85. The van der Waals surface area contributed by atoms with Gasteiger partial charge >= 0.3 is 12.1 Å². The number of carbonyl (C=O) groups is 1. The highest BCUT2D eigenvalue weighted by Gasteiger charge is 2.39. The van der Waals surface area contributed by atoms with E-state index in [9.17, 15) is 18.0 Å². The van der Waals surface area contributed by atoms with Crippen molar-refractivity contribution >= 4 is 22.4 Å². The number of hydrogen-bond acceptors (Lipinski definition) is 3. The summed E-state index contributed by atoms with van der Waals surface area (Å²) in [6.45, 7) is 0. The average Bonchev–Trinajstić information content (AvgIpc) is 2.59. The molecule has 126 valence electrons. The van der Waals surface area contributed by atoms with Gasteiger partial charge < -0.3 is 4.74 Å². The molecule has 1 heterocycles. The zero-order valence-corrected chi connectivity index (χ0v) is 13.1. The molecule has 1 aromatic heterocycles. The summed E-state index contributed by atoms with van der Waals surface area (Å²) in [5, 5.41) is 0.759. The predicted octanol–water partition coefficient (Wildman–Crippen LogP) is 4.77. The second kappa shape index (κ2) is 6.26. The molecule has 0 N–H and O–H groups in total. The third-order valence-electron chi connectivity index (χ3n) is 4.35. The van der Waals surface area contributed by atoms with Crippen molar-refractivity contribution in [2.45, 2.75) is 25.4 Å². The number of ether oxygens (including phenoxy) is 1. The number of esters is 1. The van der Waals surface area contributed by atoms with E-state index in [1.54, 1.807) is 12.1 Å². The smallest absolute Gasteiger partial charge is 0.392 e. The molecule has 1 aliphatic carbocycles. The maximum absolute atomic E-state index is 12.8. The summed E-state index contributed by atoms with van der Waals surface area (Å²) < 4.78 is 43.1. The number of nitrogens with zero attached hydrogens (tertiary/aromatic N) is 1. The molecule has 1 aromatic carbocycles. The van der Waals surface area contributed by atoms with Crippen molar-refractivity contribution in [3.8, 4) is 0 Å². The van der Waals surface area contributed by atoms with Crippen LogP contribution in [0.2, 0.25) is 0 Å². The number of hydrogen-bond donors (Lipinski definition) is 0. The average molecular weight is 335 g/mol. The number of carbonyl (C=O) groups excluding carboxylic acids is 1. The van der Waals surface area contributed by atoms with Crippen LogP contribution < -0.4 is 0 Å². The van der Waals surface area contributed by atoms with Crippen molar-refractivity contribution in [1.82, 2.24) is 4.98 Å². The number of rotatable bonds is 2. The van der Waals surface area contributed by atoms with Crippen LogP contribution in [0.15, 0.2) is 36.5 Å². The van der Waals surface area contributed by atoms with Crippen LogP contribution in [0, 0.1) is 5.92 Å². The number of aromatic nitrogens is 1. The monoisotopic (exact) mass is 335 g/mol. The number of para-hydroxylation sites is 1. The fourth-order valence-electron chi connectivity index (χ4n) is 3.03. The van der Waals surface area contributed by atoms with E-state index in [0.717, 1.165) is 16.5 Å². The molecule has 1 atom stereocenters. The molecule has 0 bridgehead atoms.